The van der Waals surface area contributed by atoms with Gasteiger partial charge in [-0.15, -0.1) is 0 Å². The number of nitrogens with zero attached hydrogens (tertiary/aromatic N) is 6. The van der Waals surface area contributed by atoms with Gasteiger partial charge < -0.3 is 71.0 Å². The zero-order chi connectivity index (χ0) is 12.0. The van der Waals surface area contributed by atoms with E-state index in [1.54, 1.807) is 0 Å². The van der Waals surface area contributed by atoms with Crippen molar-refractivity contribution in [3.05, 3.63) is 39.4 Å². The van der Waals surface area contributed by atoms with Crippen molar-refractivity contribution >= 4 is 103 Å². The van der Waals surface area contributed by atoms with Crippen molar-refractivity contribution in [2.75, 3.05) is 0 Å². The maximum Gasteiger partial charge on any atom is 5.00 e. The molecule has 0 rings (SSSR count). The summed E-state index contributed by atoms with van der Waals surface area (Å²) in [6, 6.07) is 0. The Balaban J connectivity index is -0.00000000321. The summed E-state index contributed by atoms with van der Waals surface area (Å²) in [6.07, 6.45) is 0. The second-order valence-electron chi connectivity index (χ2n) is 0. The van der Waals surface area contributed by atoms with Crippen molar-refractivity contribution in [2.24, 2.45) is 0 Å². The van der Waals surface area contributed by atoms with Gasteiger partial charge in [-0.3, -0.25) is 0 Å². The van der Waals surface area contributed by atoms with Crippen LogP contribution in [0.2, 0.25) is 0 Å². The molecule has 0 aliphatic heterocycles. The number of hydrogen-bond donors (Lipinski definition) is 0. The molecule has 0 aromatic carbocycles. The van der Waals surface area contributed by atoms with Gasteiger partial charge in [0.1, 0.15) is 0 Å². The summed E-state index contributed by atoms with van der Waals surface area (Å²) in [7, 11) is 0. The summed E-state index contributed by atoms with van der Waals surface area (Å²) in [4.78, 5) is 0. The van der Waals surface area contributed by atoms with Crippen molar-refractivity contribution < 1.29 is 68.5 Å². The topological polar surface area (TPSA) is 143 Å². The first kappa shape index (κ1) is 79.1. The maximum atomic E-state index is 6.25. The van der Waals surface area contributed by atoms with Gasteiger partial charge in [-0.2, -0.15) is 0 Å². The molecule has 0 saturated carbocycles. The van der Waals surface area contributed by atoms with Crippen LogP contribution in [0.25, 0.3) is 0 Å². The van der Waals surface area contributed by atoms with Crippen LogP contribution in [0, 0.1) is 71.0 Å². The van der Waals surface area contributed by atoms with Crippen LogP contribution in [0.3, 0.4) is 0 Å². The first-order chi connectivity index (χ1) is 6.00. The number of rotatable bonds is 0. The Morgan fingerprint density at radius 2 is 0.375 bits per heavy atom. The minimum atomic E-state index is 0. The zero-order valence-corrected chi connectivity index (χ0v) is 19.5. The first-order valence-corrected chi connectivity index (χ1v) is 1.34. The van der Waals surface area contributed by atoms with Crippen LogP contribution < -0.4 is 51.4 Å². The zero-order valence-electron chi connectivity index (χ0n) is 9.04. The molecule has 0 aliphatic carbocycles. The van der Waals surface area contributed by atoms with E-state index in [9.17, 15) is 0 Å². The van der Waals surface area contributed by atoms with E-state index >= 15 is 0 Å². The molecule has 0 aromatic rings. The van der Waals surface area contributed by atoms with Gasteiger partial charge in [0.05, 0.1) is 0 Å². The van der Waals surface area contributed by atoms with Gasteiger partial charge in [0.2, 0.25) is 0 Å². The largest absolute Gasteiger partial charge is 5.00 e. The van der Waals surface area contributed by atoms with Gasteiger partial charge in [-0.1, -0.05) is 0 Å². The summed E-state index contributed by atoms with van der Waals surface area (Å²) in [5.41, 5.74) is 0. The van der Waals surface area contributed by atoms with E-state index in [0.717, 1.165) is 0 Å². The Kier molecular flexibility index (Phi) is 4100. The van der Waals surface area contributed by atoms with E-state index in [1.807, 2.05) is 0 Å². The maximum absolute atomic E-state index is 6.25. The summed E-state index contributed by atoms with van der Waals surface area (Å²) >= 11 is 0. The van der Waals surface area contributed by atoms with Crippen LogP contribution in [0.5, 0.6) is 0 Å². The molecule has 0 spiro atoms. The van der Waals surface area contributed by atoms with Gasteiger partial charge in [-0.05, 0) is 0 Å². The molecule has 6 nitrogen and oxygen atoms in total. The van der Waals surface area contributed by atoms with Gasteiger partial charge in [-0.25, -0.2) is 0 Å². The molecule has 0 heterocycles. The van der Waals surface area contributed by atoms with Crippen molar-refractivity contribution in [1.29, 1.82) is 31.6 Å². The standard InChI is InChI=1S/6CN.Fe.3K/c6*1-2;;;;/q6*-1;+5;;;+1. The molecule has 10 heteroatoms. The molecule has 0 unspecified atom stereocenters. The smallest absolute Gasteiger partial charge is 0.512 e. The molecule has 16 heavy (non-hydrogen) atoms. The average molecular weight is 329 g/mol. The monoisotopic (exact) mass is 329 g/mol. The van der Waals surface area contributed by atoms with E-state index in [4.69, 9.17) is 71.0 Å². The third-order valence-electron chi connectivity index (χ3n) is 0. The molecule has 0 amide bonds. The van der Waals surface area contributed by atoms with Gasteiger partial charge in [0, 0.05) is 103 Å². The second kappa shape index (κ2) is 829. The van der Waals surface area contributed by atoms with Crippen LogP contribution in [0.15, 0.2) is 0 Å². The predicted molar refractivity (Wildman–Crippen MR) is 41.3 cm³/mol. The normalized spacial score (nSPS) is 0.750. The Labute approximate surface area is 235 Å². The van der Waals surface area contributed by atoms with E-state index < -0.39 is 0 Å². The molecule has 0 bridgehead atoms. The van der Waals surface area contributed by atoms with Crippen LogP contribution in [-0.2, 0) is 17.1 Å². The van der Waals surface area contributed by atoms with Gasteiger partial charge >= 0.3 is 68.5 Å². The number of hydrogen-bond acceptors (Lipinski definition) is 6. The fourth-order valence-electron chi connectivity index (χ4n) is 0. The van der Waals surface area contributed by atoms with Crippen LogP contribution in [-0.4, -0.2) is 103 Å². The van der Waals surface area contributed by atoms with E-state index in [1.165, 1.54) is 0 Å². The van der Waals surface area contributed by atoms with Crippen LogP contribution in [0.4, 0.5) is 0 Å². The second-order valence-corrected chi connectivity index (χ2v) is 0. The molecule has 0 fully saturated rings. The van der Waals surface area contributed by atoms with E-state index in [0.29, 0.717) is 0 Å². The summed E-state index contributed by atoms with van der Waals surface area (Å²) in [5.74, 6) is 0. The first-order valence-electron chi connectivity index (χ1n) is 1.34. The fourth-order valence-corrected chi connectivity index (χ4v) is 0. The Morgan fingerprint density at radius 3 is 0.375 bits per heavy atom. The average Bonchev–Trinajstić information content (AvgIpc) is 2.33. The molecule has 0 aliphatic rings. The molecule has 3 radical (unpaired) electrons. The summed E-state index contributed by atoms with van der Waals surface area (Å²) < 4.78 is 0. The van der Waals surface area contributed by atoms with Crippen molar-refractivity contribution in [1.82, 2.24) is 0 Å². The molecule has 0 aromatic heterocycles. The molecule has 0 N–H and O–H groups in total. The van der Waals surface area contributed by atoms with Gasteiger partial charge in [0.25, 0.3) is 0 Å². The molecule has 65 valence electrons. The van der Waals surface area contributed by atoms with Crippen molar-refractivity contribution in [3.63, 3.8) is 0 Å². The van der Waals surface area contributed by atoms with E-state index in [-0.39, 0.29) is 171 Å². The molecular weight excluding hydrogens is 329 g/mol. The SMILES string of the molecule is [C-]#N.[C-]#N.[C-]#N.[C-]#N.[C-]#N.[C-]#N.[Fe+5].[K+].[K].[K]. The predicted octanol–water partition coefficient (Wildman–Crippen LogP) is -3.18. The summed E-state index contributed by atoms with van der Waals surface area (Å²) in [6.45, 7) is 28.5. The van der Waals surface area contributed by atoms with Crippen molar-refractivity contribution in [2.45, 2.75) is 0 Å². The fraction of sp³-hybridized carbons (Fsp3) is 0. The van der Waals surface area contributed by atoms with Crippen LogP contribution >= 0.6 is 0 Å². The van der Waals surface area contributed by atoms with Gasteiger partial charge in [0.15, 0.2) is 0 Å². The third kappa shape index (κ3) is 689. The third-order valence-corrected chi connectivity index (χ3v) is 0. The minimum Gasteiger partial charge on any atom is -0.512 e. The molecule has 0 atom stereocenters. The Morgan fingerprint density at radius 1 is 0.375 bits per heavy atom. The minimum absolute atomic E-state index is 0. The Hall–Kier alpha value is 2.37. The van der Waals surface area contributed by atoms with Crippen LogP contribution in [0.1, 0.15) is 0 Å². The van der Waals surface area contributed by atoms with E-state index in [2.05, 4.69) is 0 Å². The molecule has 0 saturated heterocycles. The van der Waals surface area contributed by atoms with Crippen molar-refractivity contribution in [3.8, 4) is 0 Å². The quantitative estimate of drug-likeness (QED) is 0.338. The Bertz CT molecular complexity index is 103. The molecular formula is C6FeK3N6. The summed E-state index contributed by atoms with van der Waals surface area (Å²) in [5, 5.41) is 37.5.